The Morgan fingerprint density at radius 2 is 1.90 bits per heavy atom. The van der Waals surface area contributed by atoms with Crippen LogP contribution < -0.4 is 10.0 Å². The van der Waals surface area contributed by atoms with E-state index >= 15 is 0 Å². The minimum atomic E-state index is -0.719. The molecule has 1 N–H and O–H groups in total. The summed E-state index contributed by atoms with van der Waals surface area (Å²) in [4.78, 5) is 11.9. The molecule has 20 heavy (non-hydrogen) atoms. The number of pyridine rings is 1. The van der Waals surface area contributed by atoms with Crippen molar-refractivity contribution in [2.75, 3.05) is 0 Å². The highest BCUT2D eigenvalue weighted by molar-refractivity contribution is 5.94. The van der Waals surface area contributed by atoms with Gasteiger partial charge >= 0.3 is 0 Å². The van der Waals surface area contributed by atoms with Crippen molar-refractivity contribution in [3.05, 3.63) is 70.7 Å². The molecule has 0 saturated carbocycles. The molecule has 2 aromatic rings. The summed E-state index contributed by atoms with van der Waals surface area (Å²) in [7, 11) is 0. The van der Waals surface area contributed by atoms with Crippen LogP contribution in [0.25, 0.3) is 0 Å². The lowest BCUT2D eigenvalue weighted by Crippen LogP contribution is -2.29. The minimum Gasteiger partial charge on any atom is -0.619 e. The topological polar surface area (TPSA) is 56.0 Å². The Hall–Kier alpha value is -2.50. The largest absolute Gasteiger partial charge is 0.619 e. The molecule has 0 saturated heterocycles. The average molecular weight is 278 g/mol. The van der Waals surface area contributed by atoms with Gasteiger partial charge in [0.05, 0.1) is 11.6 Å². The summed E-state index contributed by atoms with van der Waals surface area (Å²) < 4.78 is 26.9. The van der Waals surface area contributed by atoms with Crippen molar-refractivity contribution in [2.45, 2.75) is 13.0 Å². The first-order chi connectivity index (χ1) is 9.47. The molecule has 0 aliphatic carbocycles. The van der Waals surface area contributed by atoms with Crippen molar-refractivity contribution >= 4 is 5.91 Å². The van der Waals surface area contributed by atoms with Gasteiger partial charge in [-0.15, -0.1) is 0 Å². The summed E-state index contributed by atoms with van der Waals surface area (Å²) in [5.41, 5.74) is 0.473. The summed E-state index contributed by atoms with van der Waals surface area (Å²) in [6.45, 7) is 1.59. The lowest BCUT2D eigenvalue weighted by Gasteiger charge is -2.15. The molecule has 1 atom stereocenters. The van der Waals surface area contributed by atoms with Crippen LogP contribution in [0.4, 0.5) is 8.78 Å². The number of carbonyl (C=O) groups is 1. The minimum absolute atomic E-state index is 0.189. The first-order valence-electron chi connectivity index (χ1n) is 5.92. The van der Waals surface area contributed by atoms with Gasteiger partial charge in [-0.1, -0.05) is 6.07 Å². The van der Waals surface area contributed by atoms with Crippen molar-refractivity contribution in [1.82, 2.24) is 5.32 Å². The van der Waals surface area contributed by atoms with Gasteiger partial charge in [0.2, 0.25) is 0 Å². The molecule has 4 nitrogen and oxygen atoms in total. The Bertz CT molecular complexity index is 630. The molecule has 0 spiro atoms. The van der Waals surface area contributed by atoms with Crippen LogP contribution in [0.1, 0.15) is 28.9 Å². The molecule has 6 heteroatoms. The Kier molecular flexibility index (Phi) is 3.93. The molecule has 2 rings (SSSR count). The summed E-state index contributed by atoms with van der Waals surface area (Å²) in [5.74, 6) is -1.84. The predicted octanol–water partition coefficient (Wildman–Crippen LogP) is 2.09. The zero-order valence-electron chi connectivity index (χ0n) is 10.6. The van der Waals surface area contributed by atoms with E-state index < -0.39 is 23.6 Å². The first kappa shape index (κ1) is 13.9. The molecule has 0 aliphatic heterocycles. The van der Waals surface area contributed by atoms with E-state index in [2.05, 4.69) is 5.32 Å². The molecular formula is C14H12F2N2O2. The standard InChI is InChI=1S/C14H12F2N2O2/c1-9(12-3-2-11(15)8-13(12)16)17-14(19)10-4-6-18(20)7-5-10/h2-9H,1H3,(H,17,19). The molecule has 0 fully saturated rings. The summed E-state index contributed by atoms with van der Waals surface area (Å²) >= 11 is 0. The predicted molar refractivity (Wildman–Crippen MR) is 67.6 cm³/mol. The number of nitrogens with zero attached hydrogens (tertiary/aromatic N) is 1. The number of nitrogens with one attached hydrogen (secondary N) is 1. The van der Waals surface area contributed by atoms with Gasteiger partial charge in [-0.25, -0.2) is 8.78 Å². The van der Waals surface area contributed by atoms with Gasteiger partial charge in [0.25, 0.3) is 5.91 Å². The van der Waals surface area contributed by atoms with Crippen molar-refractivity contribution in [3.63, 3.8) is 0 Å². The second-order valence-corrected chi connectivity index (χ2v) is 4.31. The highest BCUT2D eigenvalue weighted by Gasteiger charge is 2.15. The maximum absolute atomic E-state index is 13.6. The number of aromatic nitrogens is 1. The van der Waals surface area contributed by atoms with E-state index in [0.717, 1.165) is 12.1 Å². The molecule has 1 amide bonds. The number of amides is 1. The number of halogens is 2. The number of hydrogen-bond acceptors (Lipinski definition) is 2. The molecule has 1 aromatic carbocycles. The zero-order chi connectivity index (χ0) is 14.7. The van der Waals surface area contributed by atoms with Crippen LogP contribution >= 0.6 is 0 Å². The van der Waals surface area contributed by atoms with E-state index in [9.17, 15) is 18.8 Å². The lowest BCUT2D eigenvalue weighted by molar-refractivity contribution is -0.605. The maximum atomic E-state index is 13.6. The Balaban J connectivity index is 2.12. The molecule has 1 heterocycles. The van der Waals surface area contributed by atoms with E-state index in [1.54, 1.807) is 6.92 Å². The van der Waals surface area contributed by atoms with E-state index in [-0.39, 0.29) is 11.1 Å². The Morgan fingerprint density at radius 3 is 2.50 bits per heavy atom. The van der Waals surface area contributed by atoms with E-state index in [1.807, 2.05) is 0 Å². The zero-order valence-corrected chi connectivity index (χ0v) is 10.6. The first-order valence-corrected chi connectivity index (χ1v) is 5.92. The van der Waals surface area contributed by atoms with Gasteiger partial charge in [-0.2, -0.15) is 4.73 Å². The summed E-state index contributed by atoms with van der Waals surface area (Å²) in [6.07, 6.45) is 2.39. The van der Waals surface area contributed by atoms with Crippen molar-refractivity contribution in [1.29, 1.82) is 0 Å². The van der Waals surface area contributed by atoms with Crippen LogP contribution in [0.15, 0.2) is 42.7 Å². The Labute approximate surface area is 114 Å². The summed E-state index contributed by atoms with van der Waals surface area (Å²) in [6, 6.07) is 5.27. The van der Waals surface area contributed by atoms with Gasteiger partial charge in [0.1, 0.15) is 11.6 Å². The fraction of sp³-hybridized carbons (Fsp3) is 0.143. The number of carbonyl (C=O) groups excluding carboxylic acids is 1. The monoisotopic (exact) mass is 278 g/mol. The molecule has 0 radical (unpaired) electrons. The molecular weight excluding hydrogens is 266 g/mol. The van der Waals surface area contributed by atoms with Gasteiger partial charge in [-0.3, -0.25) is 4.79 Å². The molecule has 1 aromatic heterocycles. The maximum Gasteiger partial charge on any atom is 0.252 e. The third kappa shape index (κ3) is 3.09. The molecule has 1 unspecified atom stereocenters. The van der Waals surface area contributed by atoms with Crippen molar-refractivity contribution < 1.29 is 18.3 Å². The van der Waals surface area contributed by atoms with E-state index in [1.165, 1.54) is 30.6 Å². The highest BCUT2D eigenvalue weighted by Crippen LogP contribution is 2.18. The quantitative estimate of drug-likeness (QED) is 0.690. The van der Waals surface area contributed by atoms with Crippen molar-refractivity contribution in [3.8, 4) is 0 Å². The van der Waals surface area contributed by atoms with Crippen LogP contribution in [0.3, 0.4) is 0 Å². The number of hydrogen-bond donors (Lipinski definition) is 1. The normalized spacial score (nSPS) is 11.9. The number of benzene rings is 1. The van der Waals surface area contributed by atoms with E-state index in [4.69, 9.17) is 0 Å². The third-order valence-corrected chi connectivity index (χ3v) is 2.84. The van der Waals surface area contributed by atoms with Crippen LogP contribution in [0.5, 0.6) is 0 Å². The molecule has 104 valence electrons. The third-order valence-electron chi connectivity index (χ3n) is 2.84. The molecule has 0 aliphatic rings. The van der Waals surface area contributed by atoms with E-state index in [0.29, 0.717) is 4.73 Å². The fourth-order valence-electron chi connectivity index (χ4n) is 1.77. The Morgan fingerprint density at radius 1 is 1.25 bits per heavy atom. The van der Waals surface area contributed by atoms with Gasteiger partial charge in [0, 0.05) is 23.8 Å². The summed E-state index contributed by atoms with van der Waals surface area (Å²) in [5, 5.41) is 13.4. The second-order valence-electron chi connectivity index (χ2n) is 4.31. The SMILES string of the molecule is CC(NC(=O)c1cc[n+]([O-])cc1)c1ccc(F)cc1F. The van der Waals surface area contributed by atoms with Crippen LogP contribution in [-0.4, -0.2) is 5.91 Å². The highest BCUT2D eigenvalue weighted by atomic mass is 19.1. The van der Waals surface area contributed by atoms with Gasteiger partial charge in [-0.05, 0) is 13.0 Å². The molecule has 0 bridgehead atoms. The fourth-order valence-corrected chi connectivity index (χ4v) is 1.77. The van der Waals surface area contributed by atoms with Gasteiger partial charge < -0.3 is 10.5 Å². The number of rotatable bonds is 3. The van der Waals surface area contributed by atoms with Crippen LogP contribution in [-0.2, 0) is 0 Å². The average Bonchev–Trinajstić information content (AvgIpc) is 2.39. The van der Waals surface area contributed by atoms with Crippen LogP contribution in [0, 0.1) is 16.8 Å². The lowest BCUT2D eigenvalue weighted by atomic mass is 10.1. The smallest absolute Gasteiger partial charge is 0.252 e. The van der Waals surface area contributed by atoms with Crippen molar-refractivity contribution in [2.24, 2.45) is 0 Å². The second kappa shape index (κ2) is 5.64. The van der Waals surface area contributed by atoms with Gasteiger partial charge in [0.15, 0.2) is 12.4 Å². The van der Waals surface area contributed by atoms with Crippen LogP contribution in [0.2, 0.25) is 0 Å².